The number of aromatic carboxylic acids is 1. The number of benzene rings is 1. The number of carboxylic acids is 1. The molecule has 0 aliphatic heterocycles. The van der Waals surface area contributed by atoms with Crippen LogP contribution in [0.4, 0.5) is 4.39 Å². The lowest BCUT2D eigenvalue weighted by Gasteiger charge is -2.05. The Morgan fingerprint density at radius 1 is 1.39 bits per heavy atom. The number of sulfone groups is 1. The highest BCUT2D eigenvalue weighted by atomic mass is 32.2. The van der Waals surface area contributed by atoms with Gasteiger partial charge < -0.3 is 5.11 Å². The lowest BCUT2D eigenvalue weighted by Crippen LogP contribution is -2.10. The van der Waals surface area contributed by atoms with Gasteiger partial charge in [0.1, 0.15) is 5.82 Å². The quantitative estimate of drug-likeness (QED) is 0.863. The van der Waals surface area contributed by atoms with Gasteiger partial charge in [0.15, 0.2) is 9.84 Å². The van der Waals surface area contributed by atoms with E-state index in [2.05, 4.69) is 0 Å². The van der Waals surface area contributed by atoms with E-state index in [1.807, 2.05) is 6.92 Å². The van der Waals surface area contributed by atoms with E-state index in [0.717, 1.165) is 18.6 Å². The molecule has 4 nitrogen and oxygen atoms in total. The summed E-state index contributed by atoms with van der Waals surface area (Å²) in [7, 11) is -3.26. The molecule has 1 aromatic rings. The molecule has 6 heteroatoms. The first-order valence-electron chi connectivity index (χ1n) is 5.58. The summed E-state index contributed by atoms with van der Waals surface area (Å²) in [6.45, 7) is 1.89. The predicted molar refractivity (Wildman–Crippen MR) is 65.8 cm³/mol. The van der Waals surface area contributed by atoms with E-state index in [-0.39, 0.29) is 17.1 Å². The molecule has 0 unspecified atom stereocenters. The van der Waals surface area contributed by atoms with E-state index in [1.54, 1.807) is 0 Å². The van der Waals surface area contributed by atoms with Gasteiger partial charge in [0.25, 0.3) is 0 Å². The second-order valence-corrected chi connectivity index (χ2v) is 6.25. The molecule has 0 aliphatic carbocycles. The monoisotopic (exact) mass is 274 g/mol. The zero-order chi connectivity index (χ0) is 13.8. The summed E-state index contributed by atoms with van der Waals surface area (Å²) >= 11 is 0. The molecule has 1 aromatic carbocycles. The molecule has 1 rings (SSSR count). The number of hydrogen-bond acceptors (Lipinski definition) is 3. The summed E-state index contributed by atoms with van der Waals surface area (Å²) in [4.78, 5) is 10.6. The zero-order valence-corrected chi connectivity index (χ0v) is 10.8. The van der Waals surface area contributed by atoms with Crippen molar-refractivity contribution >= 4 is 15.8 Å². The smallest absolute Gasteiger partial charge is 0.338 e. The van der Waals surface area contributed by atoms with Crippen LogP contribution < -0.4 is 0 Å². The van der Waals surface area contributed by atoms with Crippen molar-refractivity contribution in [1.82, 2.24) is 0 Å². The highest BCUT2D eigenvalue weighted by Gasteiger charge is 2.15. The standard InChI is InChI=1S/C12H15FO4S/c1-2-3-6-18(16,17)8-9-4-5-10(12(14)15)11(13)7-9/h4-5,7H,2-3,6,8H2,1H3,(H,14,15). The molecule has 0 fully saturated rings. The van der Waals surface area contributed by atoms with Gasteiger partial charge in [-0.3, -0.25) is 0 Å². The average Bonchev–Trinajstić information content (AvgIpc) is 2.25. The van der Waals surface area contributed by atoms with Gasteiger partial charge in [0.2, 0.25) is 0 Å². The second kappa shape index (κ2) is 5.95. The van der Waals surface area contributed by atoms with Crippen LogP contribution in [-0.4, -0.2) is 25.2 Å². The molecule has 0 saturated heterocycles. The Kier molecular flexibility index (Phi) is 4.84. The van der Waals surface area contributed by atoms with E-state index in [4.69, 9.17) is 5.11 Å². The predicted octanol–water partition coefficient (Wildman–Crippen LogP) is 2.24. The van der Waals surface area contributed by atoms with Crippen LogP contribution in [0.25, 0.3) is 0 Å². The fourth-order valence-corrected chi connectivity index (χ4v) is 3.07. The van der Waals surface area contributed by atoms with Gasteiger partial charge in [0.05, 0.1) is 17.1 Å². The van der Waals surface area contributed by atoms with Crippen molar-refractivity contribution in [2.45, 2.75) is 25.5 Å². The van der Waals surface area contributed by atoms with E-state index in [0.29, 0.717) is 6.42 Å². The van der Waals surface area contributed by atoms with Crippen molar-refractivity contribution < 1.29 is 22.7 Å². The Morgan fingerprint density at radius 2 is 2.06 bits per heavy atom. The maximum Gasteiger partial charge on any atom is 0.338 e. The molecule has 0 aromatic heterocycles. The highest BCUT2D eigenvalue weighted by molar-refractivity contribution is 7.90. The largest absolute Gasteiger partial charge is 0.478 e. The minimum absolute atomic E-state index is 0.0613. The molecule has 1 N–H and O–H groups in total. The van der Waals surface area contributed by atoms with Crippen molar-refractivity contribution in [3.63, 3.8) is 0 Å². The summed E-state index contributed by atoms with van der Waals surface area (Å²) in [6.07, 6.45) is 1.34. The van der Waals surface area contributed by atoms with Crippen LogP contribution in [0.3, 0.4) is 0 Å². The van der Waals surface area contributed by atoms with E-state index >= 15 is 0 Å². The SMILES string of the molecule is CCCCS(=O)(=O)Cc1ccc(C(=O)O)c(F)c1. The first kappa shape index (κ1) is 14.6. The maximum absolute atomic E-state index is 13.4. The van der Waals surface area contributed by atoms with Crippen molar-refractivity contribution in [3.8, 4) is 0 Å². The first-order valence-corrected chi connectivity index (χ1v) is 7.40. The first-order chi connectivity index (χ1) is 8.35. The highest BCUT2D eigenvalue weighted by Crippen LogP contribution is 2.14. The van der Waals surface area contributed by atoms with Crippen LogP contribution in [-0.2, 0) is 15.6 Å². The molecular weight excluding hydrogens is 259 g/mol. The van der Waals surface area contributed by atoms with E-state index in [9.17, 15) is 17.6 Å². The van der Waals surface area contributed by atoms with Crippen molar-refractivity contribution in [1.29, 1.82) is 0 Å². The van der Waals surface area contributed by atoms with E-state index < -0.39 is 27.2 Å². The fraction of sp³-hybridized carbons (Fsp3) is 0.417. The number of unbranched alkanes of at least 4 members (excludes halogenated alkanes) is 1. The molecule has 18 heavy (non-hydrogen) atoms. The number of hydrogen-bond donors (Lipinski definition) is 1. The van der Waals surface area contributed by atoms with Crippen molar-refractivity contribution in [2.75, 3.05) is 5.75 Å². The summed E-state index contributed by atoms with van der Waals surface area (Å²) in [5, 5.41) is 8.65. The molecule has 100 valence electrons. The molecule has 0 aliphatic rings. The molecule has 0 heterocycles. The topological polar surface area (TPSA) is 71.4 Å². The molecule has 0 bridgehead atoms. The lowest BCUT2D eigenvalue weighted by molar-refractivity contribution is 0.0692. The van der Waals surface area contributed by atoms with Gasteiger partial charge in [-0.1, -0.05) is 19.4 Å². The summed E-state index contributed by atoms with van der Waals surface area (Å²) in [5.41, 5.74) is -0.182. The van der Waals surface area contributed by atoms with Gasteiger partial charge in [-0.2, -0.15) is 0 Å². The Labute approximate surface area is 105 Å². The molecule has 0 saturated carbocycles. The van der Waals surface area contributed by atoms with Gasteiger partial charge in [0, 0.05) is 0 Å². The Morgan fingerprint density at radius 3 is 2.56 bits per heavy atom. The van der Waals surface area contributed by atoms with Gasteiger partial charge >= 0.3 is 5.97 Å². The average molecular weight is 274 g/mol. The van der Waals surface area contributed by atoms with Crippen molar-refractivity contribution in [2.24, 2.45) is 0 Å². The van der Waals surface area contributed by atoms with Gasteiger partial charge in [-0.15, -0.1) is 0 Å². The molecule has 0 radical (unpaired) electrons. The summed E-state index contributed by atoms with van der Waals surface area (Å²) in [5.74, 6) is -2.48. The molecule has 0 spiro atoms. The number of rotatable bonds is 6. The summed E-state index contributed by atoms with van der Waals surface area (Å²) < 4.78 is 36.7. The normalized spacial score (nSPS) is 11.4. The van der Waals surface area contributed by atoms with Crippen LogP contribution in [0, 0.1) is 5.82 Å². The third-order valence-corrected chi connectivity index (χ3v) is 4.14. The second-order valence-electron chi connectivity index (χ2n) is 4.06. The van der Waals surface area contributed by atoms with Crippen LogP contribution >= 0.6 is 0 Å². The number of halogens is 1. The third kappa shape index (κ3) is 4.10. The zero-order valence-electron chi connectivity index (χ0n) is 10.0. The Hall–Kier alpha value is -1.43. The Balaban J connectivity index is 2.87. The van der Waals surface area contributed by atoms with Crippen LogP contribution in [0.5, 0.6) is 0 Å². The van der Waals surface area contributed by atoms with Gasteiger partial charge in [-0.25, -0.2) is 17.6 Å². The third-order valence-electron chi connectivity index (χ3n) is 2.46. The van der Waals surface area contributed by atoms with Crippen LogP contribution in [0.1, 0.15) is 35.7 Å². The minimum atomic E-state index is -3.26. The van der Waals surface area contributed by atoms with Gasteiger partial charge in [-0.05, 0) is 24.1 Å². The van der Waals surface area contributed by atoms with Crippen molar-refractivity contribution in [3.05, 3.63) is 35.1 Å². The van der Waals surface area contributed by atoms with Crippen LogP contribution in [0.2, 0.25) is 0 Å². The molecule has 0 amide bonds. The Bertz CT molecular complexity index is 537. The number of carbonyl (C=O) groups is 1. The summed E-state index contributed by atoms with van der Waals surface area (Å²) in [6, 6.07) is 3.38. The fourth-order valence-electron chi connectivity index (χ4n) is 1.51. The van der Waals surface area contributed by atoms with E-state index in [1.165, 1.54) is 6.07 Å². The number of carboxylic acid groups (broad SMARTS) is 1. The molecular formula is C12H15FO4S. The van der Waals surface area contributed by atoms with Crippen LogP contribution in [0.15, 0.2) is 18.2 Å². The maximum atomic E-state index is 13.4. The minimum Gasteiger partial charge on any atom is -0.478 e. The molecule has 0 atom stereocenters. The lowest BCUT2D eigenvalue weighted by atomic mass is 10.1.